The molecule has 2 aliphatic rings. The summed E-state index contributed by atoms with van der Waals surface area (Å²) < 4.78 is 12.8. The largest absolute Gasteiger partial charge is 0.383 e. The Labute approximate surface area is 169 Å². The van der Waals surface area contributed by atoms with Crippen molar-refractivity contribution >= 4 is 5.91 Å². The van der Waals surface area contributed by atoms with Gasteiger partial charge in [0.05, 0.1) is 18.9 Å². The number of likely N-dealkylation sites (tertiary alicyclic amines) is 1. The van der Waals surface area contributed by atoms with Gasteiger partial charge in [0.1, 0.15) is 0 Å². The van der Waals surface area contributed by atoms with Crippen molar-refractivity contribution in [2.45, 2.75) is 44.6 Å². The van der Waals surface area contributed by atoms with Gasteiger partial charge in [0.2, 0.25) is 5.91 Å². The van der Waals surface area contributed by atoms with Gasteiger partial charge < -0.3 is 19.3 Å². The summed E-state index contributed by atoms with van der Waals surface area (Å²) in [4.78, 5) is 17.6. The van der Waals surface area contributed by atoms with Crippen LogP contribution in [0.1, 0.15) is 37.7 Å². The van der Waals surface area contributed by atoms with Gasteiger partial charge in [-0.3, -0.25) is 9.48 Å². The second-order valence-electron chi connectivity index (χ2n) is 8.23. The Bertz CT molecular complexity index is 592. The molecule has 0 aromatic carbocycles. The fourth-order valence-corrected chi connectivity index (χ4v) is 4.25. The van der Waals surface area contributed by atoms with Crippen molar-refractivity contribution < 1.29 is 14.3 Å². The summed E-state index contributed by atoms with van der Waals surface area (Å²) in [7, 11) is 3.67. The van der Waals surface area contributed by atoms with Crippen molar-refractivity contribution in [1.82, 2.24) is 19.6 Å². The van der Waals surface area contributed by atoms with Crippen LogP contribution in [0.15, 0.2) is 12.4 Å². The van der Waals surface area contributed by atoms with Gasteiger partial charge in [-0.2, -0.15) is 5.10 Å². The maximum atomic E-state index is 13.0. The number of hydrogen-bond acceptors (Lipinski definition) is 5. The summed E-state index contributed by atoms with van der Waals surface area (Å²) in [6.07, 6.45) is 9.85. The lowest BCUT2D eigenvalue weighted by Gasteiger charge is -2.35. The van der Waals surface area contributed by atoms with Crippen LogP contribution in [0.5, 0.6) is 0 Å². The number of carbonyl (C=O) groups excluding carboxylic acids is 1. The second-order valence-corrected chi connectivity index (χ2v) is 8.23. The van der Waals surface area contributed by atoms with E-state index in [9.17, 15) is 4.79 Å². The summed E-state index contributed by atoms with van der Waals surface area (Å²) in [6, 6.07) is 0. The van der Waals surface area contributed by atoms with Crippen LogP contribution in [-0.4, -0.2) is 84.6 Å². The third-order valence-electron chi connectivity index (χ3n) is 5.98. The quantitative estimate of drug-likeness (QED) is 0.607. The maximum absolute atomic E-state index is 13.0. The Hall–Kier alpha value is -1.44. The van der Waals surface area contributed by atoms with E-state index in [0.29, 0.717) is 12.3 Å². The molecular formula is C21H36N4O3. The average molecular weight is 393 g/mol. The first kappa shape index (κ1) is 21.3. The van der Waals surface area contributed by atoms with Crippen molar-refractivity contribution in [2.24, 2.45) is 13.0 Å². The number of aromatic nitrogens is 2. The van der Waals surface area contributed by atoms with Gasteiger partial charge >= 0.3 is 0 Å². The first-order valence-corrected chi connectivity index (χ1v) is 10.7. The van der Waals surface area contributed by atoms with E-state index >= 15 is 0 Å². The lowest BCUT2D eigenvalue weighted by Crippen LogP contribution is -2.44. The molecule has 3 heterocycles. The van der Waals surface area contributed by atoms with Gasteiger partial charge in [-0.25, -0.2) is 0 Å². The van der Waals surface area contributed by atoms with Gasteiger partial charge in [0.15, 0.2) is 0 Å². The average Bonchev–Trinajstić information content (AvgIpc) is 3.36. The Kier molecular flexibility index (Phi) is 8.30. The van der Waals surface area contributed by atoms with Crippen LogP contribution in [-0.2, 0) is 27.7 Å². The molecule has 0 spiro atoms. The summed E-state index contributed by atoms with van der Waals surface area (Å²) in [5.74, 6) is 0.837. The molecule has 2 saturated heterocycles. The summed E-state index contributed by atoms with van der Waals surface area (Å²) in [6.45, 7) is 6.45. The van der Waals surface area contributed by atoms with Crippen LogP contribution in [0.25, 0.3) is 0 Å². The molecule has 1 amide bonds. The van der Waals surface area contributed by atoms with Crippen molar-refractivity contribution in [1.29, 1.82) is 0 Å². The monoisotopic (exact) mass is 392 g/mol. The topological polar surface area (TPSA) is 59.8 Å². The number of rotatable bonds is 10. The summed E-state index contributed by atoms with van der Waals surface area (Å²) in [5, 5.41) is 4.20. The highest BCUT2D eigenvalue weighted by Gasteiger charge is 2.27. The third kappa shape index (κ3) is 6.57. The molecule has 0 radical (unpaired) electrons. The third-order valence-corrected chi connectivity index (χ3v) is 5.98. The molecule has 1 atom stereocenters. The molecule has 158 valence electrons. The minimum absolute atomic E-state index is 0.212. The Morgan fingerprint density at radius 1 is 1.32 bits per heavy atom. The van der Waals surface area contributed by atoms with Crippen molar-refractivity contribution in [3.63, 3.8) is 0 Å². The molecule has 0 bridgehead atoms. The zero-order chi connectivity index (χ0) is 19.8. The predicted molar refractivity (Wildman–Crippen MR) is 108 cm³/mol. The number of amides is 1. The molecule has 3 rings (SSSR count). The zero-order valence-electron chi connectivity index (χ0n) is 17.5. The van der Waals surface area contributed by atoms with Crippen LogP contribution < -0.4 is 0 Å². The van der Waals surface area contributed by atoms with Gasteiger partial charge in [-0.1, -0.05) is 0 Å². The van der Waals surface area contributed by atoms with Crippen molar-refractivity contribution in [2.75, 3.05) is 53.0 Å². The number of methoxy groups -OCH3 is 1. The molecule has 2 fully saturated rings. The normalized spacial score (nSPS) is 21.3. The molecule has 2 aliphatic heterocycles. The van der Waals surface area contributed by atoms with E-state index in [-0.39, 0.29) is 12.0 Å². The minimum atomic E-state index is 0.212. The fraction of sp³-hybridized carbons (Fsp3) is 0.810. The van der Waals surface area contributed by atoms with E-state index in [1.807, 2.05) is 19.4 Å². The number of nitrogens with zero attached hydrogens (tertiary/aromatic N) is 4. The van der Waals surface area contributed by atoms with Gasteiger partial charge in [-0.15, -0.1) is 0 Å². The van der Waals surface area contributed by atoms with Crippen LogP contribution in [0.2, 0.25) is 0 Å². The Balaban J connectivity index is 1.50. The van der Waals surface area contributed by atoms with Gasteiger partial charge in [0.25, 0.3) is 0 Å². The van der Waals surface area contributed by atoms with E-state index in [1.165, 1.54) is 0 Å². The molecule has 7 nitrogen and oxygen atoms in total. The standard InChI is InChI=1S/C21H36N4O3/c1-23-15-19(14-22-23)5-6-21(26)25(17-20-4-3-12-28-20)16-18-7-9-24(10-8-18)11-13-27-2/h14-15,18,20H,3-13,16-17H2,1-2H3. The predicted octanol–water partition coefficient (Wildman–Crippen LogP) is 1.72. The van der Waals surface area contributed by atoms with E-state index in [0.717, 1.165) is 83.6 Å². The second kappa shape index (κ2) is 10.9. The Morgan fingerprint density at radius 2 is 2.14 bits per heavy atom. The number of aryl methyl sites for hydroxylation is 2. The first-order chi connectivity index (χ1) is 13.6. The molecule has 0 aliphatic carbocycles. The molecule has 7 heteroatoms. The SMILES string of the molecule is COCCN1CCC(CN(CC2CCCO2)C(=O)CCc2cnn(C)c2)CC1. The highest BCUT2D eigenvalue weighted by atomic mass is 16.5. The minimum Gasteiger partial charge on any atom is -0.383 e. The Morgan fingerprint density at radius 3 is 2.79 bits per heavy atom. The number of carbonyl (C=O) groups is 1. The summed E-state index contributed by atoms with van der Waals surface area (Å²) in [5.41, 5.74) is 1.12. The molecular weight excluding hydrogens is 356 g/mol. The van der Waals surface area contributed by atoms with Crippen LogP contribution in [0, 0.1) is 5.92 Å². The first-order valence-electron chi connectivity index (χ1n) is 10.7. The lowest BCUT2D eigenvalue weighted by atomic mass is 9.95. The number of piperidine rings is 1. The molecule has 0 saturated carbocycles. The lowest BCUT2D eigenvalue weighted by molar-refractivity contribution is -0.133. The van der Waals surface area contributed by atoms with Crippen LogP contribution >= 0.6 is 0 Å². The highest BCUT2D eigenvalue weighted by Crippen LogP contribution is 2.21. The molecule has 28 heavy (non-hydrogen) atoms. The summed E-state index contributed by atoms with van der Waals surface area (Å²) >= 11 is 0. The molecule has 1 unspecified atom stereocenters. The van der Waals surface area contributed by atoms with E-state index in [1.54, 1.807) is 11.8 Å². The maximum Gasteiger partial charge on any atom is 0.223 e. The number of ether oxygens (including phenoxy) is 2. The molecule has 1 aromatic rings. The zero-order valence-corrected chi connectivity index (χ0v) is 17.5. The molecule has 1 aromatic heterocycles. The van der Waals surface area contributed by atoms with E-state index in [2.05, 4.69) is 14.9 Å². The van der Waals surface area contributed by atoms with E-state index < -0.39 is 0 Å². The number of hydrogen-bond donors (Lipinski definition) is 0. The van der Waals surface area contributed by atoms with Crippen molar-refractivity contribution in [3.05, 3.63) is 18.0 Å². The fourth-order valence-electron chi connectivity index (χ4n) is 4.25. The van der Waals surface area contributed by atoms with E-state index in [4.69, 9.17) is 9.47 Å². The van der Waals surface area contributed by atoms with Crippen LogP contribution in [0.3, 0.4) is 0 Å². The van der Waals surface area contributed by atoms with Gasteiger partial charge in [0, 0.05) is 53.0 Å². The van der Waals surface area contributed by atoms with Crippen LogP contribution in [0.4, 0.5) is 0 Å². The highest BCUT2D eigenvalue weighted by molar-refractivity contribution is 5.76. The molecule has 0 N–H and O–H groups in total. The van der Waals surface area contributed by atoms with Gasteiger partial charge in [-0.05, 0) is 56.7 Å². The smallest absolute Gasteiger partial charge is 0.223 e. The van der Waals surface area contributed by atoms with Crippen molar-refractivity contribution in [3.8, 4) is 0 Å².